The van der Waals surface area contributed by atoms with Crippen molar-refractivity contribution in [2.24, 2.45) is 0 Å². The summed E-state index contributed by atoms with van der Waals surface area (Å²) in [7, 11) is 0. The number of hydrogen-bond donors (Lipinski definition) is 2. The zero-order valence-corrected chi connectivity index (χ0v) is 10.2. The van der Waals surface area contributed by atoms with Crippen molar-refractivity contribution in [1.82, 2.24) is 5.32 Å². The molecule has 0 aromatic heterocycles. The van der Waals surface area contributed by atoms with Crippen LogP contribution in [0, 0.1) is 5.82 Å². The molecule has 1 aromatic carbocycles. The van der Waals surface area contributed by atoms with Gasteiger partial charge in [0.25, 0.3) is 0 Å². The van der Waals surface area contributed by atoms with Crippen molar-refractivity contribution in [1.29, 1.82) is 0 Å². The zero-order chi connectivity index (χ0) is 12.3. The molecule has 0 saturated carbocycles. The Labute approximate surface area is 99.0 Å². The highest BCUT2D eigenvalue weighted by molar-refractivity contribution is 6.30. The van der Waals surface area contributed by atoms with Crippen LogP contribution in [0.25, 0.3) is 0 Å². The van der Waals surface area contributed by atoms with Gasteiger partial charge in [0.1, 0.15) is 5.82 Å². The maximum atomic E-state index is 13.0. The number of anilines is 1. The van der Waals surface area contributed by atoms with E-state index in [0.717, 1.165) is 0 Å². The Morgan fingerprint density at radius 1 is 1.31 bits per heavy atom. The molecule has 0 aliphatic heterocycles. The quantitative estimate of drug-likeness (QED) is 0.781. The highest BCUT2D eigenvalue weighted by atomic mass is 35.5. The van der Waals surface area contributed by atoms with Crippen LogP contribution in [0.2, 0.25) is 5.02 Å². The minimum Gasteiger partial charge on any atom is -0.333 e. The summed E-state index contributed by atoms with van der Waals surface area (Å²) < 4.78 is 13.0. The summed E-state index contributed by atoms with van der Waals surface area (Å²) >= 11 is 5.65. The van der Waals surface area contributed by atoms with E-state index in [1.807, 2.05) is 20.8 Å². The SMILES string of the molecule is CC(C)(C)NC(=O)Nc1cc(F)cc(Cl)c1. The van der Waals surface area contributed by atoms with Gasteiger partial charge >= 0.3 is 6.03 Å². The fourth-order valence-corrected chi connectivity index (χ4v) is 1.35. The largest absolute Gasteiger partial charge is 0.333 e. The van der Waals surface area contributed by atoms with E-state index in [-0.39, 0.29) is 10.6 Å². The van der Waals surface area contributed by atoms with Crippen LogP contribution < -0.4 is 10.6 Å². The molecule has 0 bridgehead atoms. The van der Waals surface area contributed by atoms with Gasteiger partial charge in [0.15, 0.2) is 0 Å². The molecule has 2 N–H and O–H groups in total. The van der Waals surface area contributed by atoms with Crippen LogP contribution >= 0.6 is 11.6 Å². The lowest BCUT2D eigenvalue weighted by atomic mass is 10.1. The fraction of sp³-hybridized carbons (Fsp3) is 0.364. The lowest BCUT2D eigenvalue weighted by Crippen LogP contribution is -2.43. The third-order valence-electron chi connectivity index (χ3n) is 1.61. The molecular formula is C11H14ClFN2O. The summed E-state index contributed by atoms with van der Waals surface area (Å²) in [6.07, 6.45) is 0. The topological polar surface area (TPSA) is 41.1 Å². The lowest BCUT2D eigenvalue weighted by Gasteiger charge is -2.20. The van der Waals surface area contributed by atoms with Crippen molar-refractivity contribution < 1.29 is 9.18 Å². The minimum atomic E-state index is -0.487. The molecule has 0 aliphatic rings. The van der Waals surface area contributed by atoms with Crippen molar-refractivity contribution in [3.63, 3.8) is 0 Å². The summed E-state index contributed by atoms with van der Waals surface area (Å²) in [5.74, 6) is -0.487. The molecule has 0 unspecified atom stereocenters. The van der Waals surface area contributed by atoms with Crippen LogP contribution in [0.15, 0.2) is 18.2 Å². The summed E-state index contributed by atoms with van der Waals surface area (Å²) in [5, 5.41) is 5.44. The molecule has 0 saturated heterocycles. The third-order valence-corrected chi connectivity index (χ3v) is 1.83. The molecular weight excluding hydrogens is 231 g/mol. The molecule has 0 radical (unpaired) electrons. The maximum absolute atomic E-state index is 13.0. The van der Waals surface area contributed by atoms with E-state index < -0.39 is 11.8 Å². The number of hydrogen-bond acceptors (Lipinski definition) is 1. The Hall–Kier alpha value is -1.29. The van der Waals surface area contributed by atoms with Crippen LogP contribution in [-0.2, 0) is 0 Å². The number of rotatable bonds is 1. The lowest BCUT2D eigenvalue weighted by molar-refractivity contribution is 0.244. The number of urea groups is 1. The number of nitrogens with one attached hydrogen (secondary N) is 2. The third kappa shape index (κ3) is 4.49. The van der Waals surface area contributed by atoms with E-state index in [2.05, 4.69) is 10.6 Å². The number of carbonyl (C=O) groups is 1. The van der Waals surface area contributed by atoms with E-state index in [1.165, 1.54) is 18.2 Å². The Balaban J connectivity index is 2.70. The van der Waals surface area contributed by atoms with Crippen LogP contribution in [0.3, 0.4) is 0 Å². The smallest absolute Gasteiger partial charge is 0.319 e. The molecule has 88 valence electrons. The molecule has 16 heavy (non-hydrogen) atoms. The molecule has 0 atom stereocenters. The van der Waals surface area contributed by atoms with Gasteiger partial charge in [0.05, 0.1) is 0 Å². The Morgan fingerprint density at radius 3 is 2.44 bits per heavy atom. The van der Waals surface area contributed by atoms with Crippen molar-refractivity contribution in [3.8, 4) is 0 Å². The van der Waals surface area contributed by atoms with Gasteiger partial charge in [-0.15, -0.1) is 0 Å². The molecule has 2 amide bonds. The molecule has 3 nitrogen and oxygen atoms in total. The second kappa shape index (κ2) is 4.70. The number of amides is 2. The van der Waals surface area contributed by atoms with Gasteiger partial charge < -0.3 is 10.6 Å². The van der Waals surface area contributed by atoms with E-state index in [4.69, 9.17) is 11.6 Å². The molecule has 0 heterocycles. The van der Waals surface area contributed by atoms with E-state index >= 15 is 0 Å². The van der Waals surface area contributed by atoms with Crippen LogP contribution in [-0.4, -0.2) is 11.6 Å². The summed E-state index contributed by atoms with van der Waals surface area (Å²) in [4.78, 5) is 11.5. The highest BCUT2D eigenvalue weighted by Gasteiger charge is 2.13. The number of halogens is 2. The molecule has 5 heteroatoms. The Morgan fingerprint density at radius 2 is 1.94 bits per heavy atom. The Bertz CT molecular complexity index is 381. The monoisotopic (exact) mass is 244 g/mol. The summed E-state index contributed by atoms with van der Waals surface area (Å²) in [6, 6.07) is 3.46. The second-order valence-electron chi connectivity index (χ2n) is 4.49. The highest BCUT2D eigenvalue weighted by Crippen LogP contribution is 2.18. The fourth-order valence-electron chi connectivity index (χ4n) is 1.13. The van der Waals surface area contributed by atoms with Crippen LogP contribution in [0.5, 0.6) is 0 Å². The normalized spacial score (nSPS) is 11.1. The average Bonchev–Trinajstić information content (AvgIpc) is 1.96. The predicted molar refractivity (Wildman–Crippen MR) is 63.3 cm³/mol. The van der Waals surface area contributed by atoms with Gasteiger partial charge in [-0.1, -0.05) is 11.6 Å². The molecule has 0 aliphatic carbocycles. The van der Waals surface area contributed by atoms with Crippen molar-refractivity contribution in [2.75, 3.05) is 5.32 Å². The first-order valence-corrected chi connectivity index (χ1v) is 5.19. The standard InChI is InChI=1S/C11H14ClFN2O/c1-11(2,3)15-10(16)14-9-5-7(12)4-8(13)6-9/h4-6H,1-3H3,(H2,14,15,16). The van der Waals surface area contributed by atoms with Gasteiger partial charge in [-0.2, -0.15) is 0 Å². The van der Waals surface area contributed by atoms with E-state index in [9.17, 15) is 9.18 Å². The van der Waals surface area contributed by atoms with E-state index in [1.54, 1.807) is 0 Å². The number of benzene rings is 1. The average molecular weight is 245 g/mol. The first kappa shape index (κ1) is 12.8. The van der Waals surface area contributed by atoms with Gasteiger partial charge in [-0.25, -0.2) is 9.18 Å². The molecule has 1 aromatic rings. The van der Waals surface area contributed by atoms with Gasteiger partial charge in [-0.3, -0.25) is 0 Å². The van der Waals surface area contributed by atoms with Crippen molar-refractivity contribution >= 4 is 23.3 Å². The second-order valence-corrected chi connectivity index (χ2v) is 4.92. The van der Waals surface area contributed by atoms with Gasteiger partial charge in [0, 0.05) is 16.2 Å². The van der Waals surface area contributed by atoms with Crippen molar-refractivity contribution in [3.05, 3.63) is 29.0 Å². The summed E-state index contributed by atoms with van der Waals surface area (Å²) in [6.45, 7) is 5.56. The van der Waals surface area contributed by atoms with Crippen LogP contribution in [0.4, 0.5) is 14.9 Å². The van der Waals surface area contributed by atoms with Gasteiger partial charge in [0.2, 0.25) is 0 Å². The number of carbonyl (C=O) groups excluding carboxylic acids is 1. The van der Waals surface area contributed by atoms with Crippen LogP contribution in [0.1, 0.15) is 20.8 Å². The van der Waals surface area contributed by atoms with Gasteiger partial charge in [-0.05, 0) is 39.0 Å². The summed E-state index contributed by atoms with van der Waals surface area (Å²) in [5.41, 5.74) is -0.0203. The first-order chi connectivity index (χ1) is 7.26. The Kier molecular flexibility index (Phi) is 3.75. The molecule has 1 rings (SSSR count). The molecule has 0 spiro atoms. The minimum absolute atomic E-state index is 0.242. The van der Waals surface area contributed by atoms with Crippen molar-refractivity contribution in [2.45, 2.75) is 26.3 Å². The predicted octanol–water partition coefficient (Wildman–Crippen LogP) is 3.40. The maximum Gasteiger partial charge on any atom is 0.319 e. The molecule has 0 fully saturated rings. The first-order valence-electron chi connectivity index (χ1n) is 4.81. The zero-order valence-electron chi connectivity index (χ0n) is 9.40. The van der Waals surface area contributed by atoms with E-state index in [0.29, 0.717) is 5.69 Å².